The number of rotatable bonds is 2. The molecule has 1 N–H and O–H groups in total. The average Bonchev–Trinajstić information content (AvgIpc) is 2.91. The molecule has 0 aromatic heterocycles. The maximum absolute atomic E-state index is 13.5. The van der Waals surface area contributed by atoms with E-state index in [1.165, 1.54) is 31.3 Å². The van der Waals surface area contributed by atoms with Gasteiger partial charge in [0.1, 0.15) is 5.78 Å². The number of hydrogen-bond acceptors (Lipinski definition) is 3. The molecule has 8 atom stereocenters. The Morgan fingerprint density at radius 1 is 1.27 bits per heavy atom. The summed E-state index contributed by atoms with van der Waals surface area (Å²) in [4.78, 5) is 13.5. The highest BCUT2D eigenvalue weighted by Gasteiger charge is 2.63. The molecule has 3 nitrogen and oxygen atoms in total. The molecule has 0 radical (unpaired) electrons. The lowest BCUT2D eigenvalue weighted by molar-refractivity contribution is -0.175. The van der Waals surface area contributed by atoms with Gasteiger partial charge in [0, 0.05) is 18.9 Å². The minimum atomic E-state index is -0.366. The zero-order chi connectivity index (χ0) is 18.7. The molecule has 4 aliphatic carbocycles. The van der Waals surface area contributed by atoms with Gasteiger partial charge in [0.05, 0.1) is 12.2 Å². The third-order valence-corrected chi connectivity index (χ3v) is 8.93. The molecule has 3 unspecified atom stereocenters. The Morgan fingerprint density at radius 2 is 2.04 bits per heavy atom. The molecule has 4 aliphatic rings. The van der Waals surface area contributed by atoms with Crippen molar-refractivity contribution in [3.8, 4) is 0 Å². The highest BCUT2D eigenvalue weighted by atomic mass is 16.5. The highest BCUT2D eigenvalue weighted by Crippen LogP contribution is 2.66. The predicted molar refractivity (Wildman–Crippen MR) is 103 cm³/mol. The first kappa shape index (κ1) is 18.7. The van der Waals surface area contributed by atoms with Crippen molar-refractivity contribution >= 4 is 5.78 Å². The quantitative estimate of drug-likeness (QED) is 0.736. The van der Waals surface area contributed by atoms with E-state index in [1.54, 1.807) is 0 Å². The van der Waals surface area contributed by atoms with Crippen LogP contribution < -0.4 is 0 Å². The smallest absolute Gasteiger partial charge is 0.137 e. The van der Waals surface area contributed by atoms with Crippen molar-refractivity contribution in [3.63, 3.8) is 0 Å². The fraction of sp³-hybridized carbons (Fsp3) is 0.870. The number of Topliss-reactive ketones (excluding diaryl/α,β-unsaturated/α-hetero) is 1. The monoisotopic (exact) mass is 360 g/mol. The second-order valence-corrected chi connectivity index (χ2v) is 9.94. The van der Waals surface area contributed by atoms with Crippen LogP contribution in [0.3, 0.4) is 0 Å². The van der Waals surface area contributed by atoms with Crippen molar-refractivity contribution < 1.29 is 14.6 Å². The lowest BCUT2D eigenvalue weighted by Gasteiger charge is -2.60. The number of ketones is 1. The van der Waals surface area contributed by atoms with Crippen LogP contribution in [0.4, 0.5) is 0 Å². The highest BCUT2D eigenvalue weighted by molar-refractivity contribution is 5.85. The van der Waals surface area contributed by atoms with E-state index in [1.807, 2.05) is 6.92 Å². The fourth-order valence-corrected chi connectivity index (χ4v) is 7.78. The van der Waals surface area contributed by atoms with E-state index in [4.69, 9.17) is 4.74 Å². The van der Waals surface area contributed by atoms with Crippen LogP contribution in [-0.2, 0) is 9.53 Å². The number of hydrogen-bond donors (Lipinski definition) is 1. The summed E-state index contributed by atoms with van der Waals surface area (Å²) in [5, 5.41) is 10.6. The van der Waals surface area contributed by atoms with E-state index in [0.717, 1.165) is 19.3 Å². The van der Waals surface area contributed by atoms with Crippen LogP contribution in [0.25, 0.3) is 0 Å². The molecule has 4 rings (SSSR count). The van der Waals surface area contributed by atoms with Gasteiger partial charge in [0.2, 0.25) is 0 Å². The van der Waals surface area contributed by atoms with E-state index < -0.39 is 0 Å². The molecule has 4 fully saturated rings. The average molecular weight is 361 g/mol. The van der Waals surface area contributed by atoms with Crippen LogP contribution in [0.2, 0.25) is 0 Å². The van der Waals surface area contributed by atoms with Crippen LogP contribution in [0.15, 0.2) is 11.6 Å². The first-order valence-corrected chi connectivity index (χ1v) is 10.8. The molecule has 0 spiro atoms. The maximum Gasteiger partial charge on any atom is 0.137 e. The second-order valence-electron chi connectivity index (χ2n) is 9.94. The topological polar surface area (TPSA) is 46.5 Å². The summed E-state index contributed by atoms with van der Waals surface area (Å²) in [6.07, 6.45) is 8.95. The van der Waals surface area contributed by atoms with Gasteiger partial charge in [-0.2, -0.15) is 0 Å². The summed E-state index contributed by atoms with van der Waals surface area (Å²) >= 11 is 0. The molecule has 0 amide bonds. The molecule has 26 heavy (non-hydrogen) atoms. The van der Waals surface area contributed by atoms with Crippen molar-refractivity contribution in [2.45, 2.75) is 84.8 Å². The molecule has 3 heteroatoms. The third kappa shape index (κ3) is 2.49. The number of aliphatic hydroxyl groups excluding tert-OH is 1. The van der Waals surface area contributed by atoms with Crippen LogP contribution in [0, 0.1) is 34.5 Å². The first-order valence-electron chi connectivity index (χ1n) is 10.8. The summed E-state index contributed by atoms with van der Waals surface area (Å²) in [5.74, 6) is 2.32. The third-order valence-electron chi connectivity index (χ3n) is 8.93. The number of ether oxygens (including phenoxy) is 1. The van der Waals surface area contributed by atoms with E-state index in [2.05, 4.69) is 26.8 Å². The Morgan fingerprint density at radius 3 is 2.73 bits per heavy atom. The van der Waals surface area contributed by atoms with Crippen molar-refractivity contribution in [1.82, 2.24) is 0 Å². The lowest BCUT2D eigenvalue weighted by atomic mass is 9.44. The zero-order valence-corrected chi connectivity index (χ0v) is 17.0. The van der Waals surface area contributed by atoms with Crippen LogP contribution in [-0.4, -0.2) is 29.7 Å². The minimum Gasteiger partial charge on any atom is -0.390 e. The number of carbonyl (C=O) groups is 1. The summed E-state index contributed by atoms with van der Waals surface area (Å²) in [5.41, 5.74) is 1.62. The summed E-state index contributed by atoms with van der Waals surface area (Å²) in [6, 6.07) is 0. The van der Waals surface area contributed by atoms with E-state index in [-0.39, 0.29) is 29.0 Å². The van der Waals surface area contributed by atoms with Crippen LogP contribution >= 0.6 is 0 Å². The minimum absolute atomic E-state index is 0.000914. The number of fused-ring (bicyclic) bond motifs is 5. The van der Waals surface area contributed by atoms with Gasteiger partial charge in [-0.05, 0) is 81.0 Å². The zero-order valence-electron chi connectivity index (χ0n) is 17.0. The normalized spacial score (nSPS) is 52.5. The number of carbonyl (C=O) groups excluding carboxylic acids is 1. The Hall–Kier alpha value is -0.670. The largest absolute Gasteiger partial charge is 0.390 e. The maximum atomic E-state index is 13.5. The van der Waals surface area contributed by atoms with Crippen molar-refractivity contribution in [2.75, 3.05) is 6.61 Å². The standard InChI is InChI=1S/C23H36O3/c1-5-14-8-10-17-16-9-7-15-11-18(24)20(26-6-2)13-23(15,4)21(16)19(25)12-22(14,17)3/h5,15-18,20-21,24H,6-13H2,1-4H3/b14-5+/t15?,16-,17-,18?,20?,21+,22+,23-/m0/s1. The Labute approximate surface area is 158 Å². The van der Waals surface area contributed by atoms with Gasteiger partial charge < -0.3 is 9.84 Å². The summed E-state index contributed by atoms with van der Waals surface area (Å²) in [6.45, 7) is 9.48. The molecule has 0 aliphatic heterocycles. The van der Waals surface area contributed by atoms with Gasteiger partial charge in [0.25, 0.3) is 0 Å². The Balaban J connectivity index is 1.68. The molecular formula is C23H36O3. The van der Waals surface area contributed by atoms with E-state index in [0.29, 0.717) is 30.1 Å². The van der Waals surface area contributed by atoms with Gasteiger partial charge in [-0.15, -0.1) is 0 Å². The van der Waals surface area contributed by atoms with Crippen LogP contribution in [0.5, 0.6) is 0 Å². The fourth-order valence-electron chi connectivity index (χ4n) is 7.78. The molecule has 0 heterocycles. The Kier molecular flexibility index (Phi) is 4.63. The lowest BCUT2D eigenvalue weighted by Crippen LogP contribution is -2.59. The van der Waals surface area contributed by atoms with Crippen molar-refractivity contribution in [2.24, 2.45) is 34.5 Å². The number of aliphatic hydroxyl groups is 1. The molecule has 0 saturated heterocycles. The second kappa shape index (κ2) is 6.44. The first-order chi connectivity index (χ1) is 12.3. The summed E-state index contributed by atoms with van der Waals surface area (Å²) in [7, 11) is 0. The SMILES string of the molecule is C/C=C1\CC[C@H]2[C@@H]3CCC4CC(O)C(OCC)C[C@]4(C)[C@H]3C(=O)C[C@]12C. The predicted octanol–water partition coefficient (Wildman–Crippen LogP) is 4.53. The van der Waals surface area contributed by atoms with Gasteiger partial charge in [-0.25, -0.2) is 0 Å². The molecule has 146 valence electrons. The van der Waals surface area contributed by atoms with Gasteiger partial charge in [-0.1, -0.05) is 25.5 Å². The van der Waals surface area contributed by atoms with E-state index in [9.17, 15) is 9.90 Å². The molecule has 4 saturated carbocycles. The summed E-state index contributed by atoms with van der Waals surface area (Å²) < 4.78 is 5.89. The molecule has 0 aromatic carbocycles. The molecule has 0 aromatic rings. The van der Waals surface area contributed by atoms with E-state index >= 15 is 0 Å². The van der Waals surface area contributed by atoms with Crippen molar-refractivity contribution in [3.05, 3.63) is 11.6 Å². The van der Waals surface area contributed by atoms with Crippen molar-refractivity contribution in [1.29, 1.82) is 0 Å². The Bertz CT molecular complexity index is 611. The van der Waals surface area contributed by atoms with Gasteiger partial charge >= 0.3 is 0 Å². The van der Waals surface area contributed by atoms with Crippen LogP contribution in [0.1, 0.15) is 72.6 Å². The molecular weight excluding hydrogens is 324 g/mol. The van der Waals surface area contributed by atoms with Gasteiger partial charge in [0.15, 0.2) is 0 Å². The van der Waals surface area contributed by atoms with Gasteiger partial charge in [-0.3, -0.25) is 4.79 Å². The molecule has 0 bridgehead atoms. The number of allylic oxidation sites excluding steroid dienone is 2.